The second-order valence-corrected chi connectivity index (χ2v) is 5.99. The first-order valence-electron chi connectivity index (χ1n) is 6.87. The minimum Gasteiger partial charge on any atom is -0.289 e. The van der Waals surface area contributed by atoms with Gasteiger partial charge >= 0.3 is 0 Å². The van der Waals surface area contributed by atoms with Crippen molar-refractivity contribution in [3.05, 3.63) is 10.1 Å². The van der Waals surface area contributed by atoms with Gasteiger partial charge in [-0.3, -0.25) is 4.99 Å². The van der Waals surface area contributed by atoms with Crippen LogP contribution >= 0.6 is 15.9 Å². The Hall–Kier alpha value is -0.110. The van der Waals surface area contributed by atoms with Gasteiger partial charge < -0.3 is 0 Å². The molecule has 0 aliphatic rings. The topological polar surface area (TPSA) is 12.4 Å². The Morgan fingerprint density at radius 3 is 2.29 bits per heavy atom. The molecule has 0 bridgehead atoms. The van der Waals surface area contributed by atoms with E-state index >= 15 is 0 Å². The molecule has 0 amide bonds. The van der Waals surface area contributed by atoms with Crippen molar-refractivity contribution in [1.29, 1.82) is 0 Å². The Balaban J connectivity index is 4.05. The van der Waals surface area contributed by atoms with Crippen LogP contribution in [0.2, 0.25) is 0 Å². The molecule has 0 aromatic heterocycles. The fourth-order valence-electron chi connectivity index (χ4n) is 1.59. The van der Waals surface area contributed by atoms with Crippen LogP contribution in [0.5, 0.6) is 0 Å². The highest BCUT2D eigenvalue weighted by molar-refractivity contribution is 9.12. The maximum Gasteiger partial charge on any atom is 0.0497 e. The van der Waals surface area contributed by atoms with E-state index in [2.05, 4.69) is 55.5 Å². The van der Waals surface area contributed by atoms with Crippen molar-refractivity contribution in [2.75, 3.05) is 0 Å². The molecule has 0 saturated carbocycles. The highest BCUT2D eigenvalue weighted by atomic mass is 79.9. The lowest BCUT2D eigenvalue weighted by molar-refractivity contribution is 0.458. The molecule has 0 aromatic carbocycles. The first-order chi connectivity index (χ1) is 8.01. The molecule has 0 radical (unpaired) electrons. The van der Waals surface area contributed by atoms with Gasteiger partial charge in [0, 0.05) is 16.7 Å². The summed E-state index contributed by atoms with van der Waals surface area (Å²) in [5.74, 6) is 0.862. The van der Waals surface area contributed by atoms with Crippen LogP contribution in [0.15, 0.2) is 15.0 Å². The van der Waals surface area contributed by atoms with Crippen molar-refractivity contribution in [3.63, 3.8) is 0 Å². The Bertz CT molecular complexity index is 252. The van der Waals surface area contributed by atoms with Crippen LogP contribution in [0.4, 0.5) is 0 Å². The summed E-state index contributed by atoms with van der Waals surface area (Å²) in [7, 11) is 0. The Morgan fingerprint density at radius 1 is 1.18 bits per heavy atom. The van der Waals surface area contributed by atoms with Crippen molar-refractivity contribution in [2.24, 2.45) is 10.9 Å². The third-order valence-corrected chi connectivity index (χ3v) is 4.28. The molecular weight excluding hydrogens is 274 g/mol. The highest BCUT2D eigenvalue weighted by Gasteiger charge is 2.05. The molecule has 0 spiro atoms. The van der Waals surface area contributed by atoms with Gasteiger partial charge in [-0.15, -0.1) is 0 Å². The summed E-state index contributed by atoms with van der Waals surface area (Å²) in [6.07, 6.45) is 8.28. The second-order valence-electron chi connectivity index (χ2n) is 5.13. The van der Waals surface area contributed by atoms with E-state index in [-0.39, 0.29) is 0 Å². The number of rotatable bonds is 8. The maximum absolute atomic E-state index is 4.66. The van der Waals surface area contributed by atoms with Crippen molar-refractivity contribution in [3.8, 4) is 0 Å². The van der Waals surface area contributed by atoms with Gasteiger partial charge in [0.25, 0.3) is 0 Å². The SMILES string of the molecule is CCC(C)CCCC(CC)N=CC(Br)=C(C)C. The average molecular weight is 302 g/mol. The van der Waals surface area contributed by atoms with Crippen LogP contribution in [-0.4, -0.2) is 12.3 Å². The highest BCUT2D eigenvalue weighted by Crippen LogP contribution is 2.16. The number of allylic oxidation sites excluding steroid dienone is 2. The summed E-state index contributed by atoms with van der Waals surface area (Å²) in [4.78, 5) is 4.66. The summed E-state index contributed by atoms with van der Waals surface area (Å²) in [6, 6.07) is 0.492. The van der Waals surface area contributed by atoms with Crippen LogP contribution in [-0.2, 0) is 0 Å². The molecule has 0 fully saturated rings. The van der Waals surface area contributed by atoms with Crippen molar-refractivity contribution in [2.45, 2.75) is 72.8 Å². The number of hydrogen-bond acceptors (Lipinski definition) is 1. The van der Waals surface area contributed by atoms with Crippen molar-refractivity contribution in [1.82, 2.24) is 0 Å². The number of nitrogens with zero attached hydrogens (tertiary/aromatic N) is 1. The van der Waals surface area contributed by atoms with E-state index < -0.39 is 0 Å². The predicted octanol–water partition coefficient (Wildman–Crippen LogP) is 5.74. The smallest absolute Gasteiger partial charge is 0.0497 e. The quantitative estimate of drug-likeness (QED) is 0.507. The largest absolute Gasteiger partial charge is 0.289 e. The van der Waals surface area contributed by atoms with Gasteiger partial charge in [-0.25, -0.2) is 0 Å². The number of halogens is 1. The number of hydrogen-bond donors (Lipinski definition) is 0. The monoisotopic (exact) mass is 301 g/mol. The third-order valence-electron chi connectivity index (χ3n) is 3.28. The zero-order chi connectivity index (χ0) is 13.3. The lowest BCUT2D eigenvalue weighted by Crippen LogP contribution is -2.04. The van der Waals surface area contributed by atoms with E-state index in [0.29, 0.717) is 6.04 Å². The minimum absolute atomic E-state index is 0.492. The fraction of sp³-hybridized carbons (Fsp3) is 0.800. The molecule has 2 atom stereocenters. The van der Waals surface area contributed by atoms with Gasteiger partial charge in [0.1, 0.15) is 0 Å². The average Bonchev–Trinajstić information content (AvgIpc) is 2.32. The Labute approximate surface area is 116 Å². The summed E-state index contributed by atoms with van der Waals surface area (Å²) in [6.45, 7) is 11.0. The molecule has 0 heterocycles. The van der Waals surface area contributed by atoms with Crippen molar-refractivity contribution >= 4 is 22.1 Å². The first kappa shape index (κ1) is 16.9. The fourth-order valence-corrected chi connectivity index (χ4v) is 1.71. The number of aliphatic imine (C=N–C) groups is 1. The molecule has 1 nitrogen and oxygen atoms in total. The van der Waals surface area contributed by atoms with Crippen LogP contribution < -0.4 is 0 Å². The van der Waals surface area contributed by atoms with Crippen LogP contribution in [0.3, 0.4) is 0 Å². The van der Waals surface area contributed by atoms with Gasteiger partial charge in [-0.1, -0.05) is 45.6 Å². The van der Waals surface area contributed by atoms with Crippen LogP contribution in [0.25, 0.3) is 0 Å². The molecule has 0 rings (SSSR count). The molecule has 2 heteroatoms. The molecule has 17 heavy (non-hydrogen) atoms. The van der Waals surface area contributed by atoms with Gasteiger partial charge in [-0.05, 0) is 48.5 Å². The van der Waals surface area contributed by atoms with Gasteiger partial charge in [0.15, 0.2) is 0 Å². The van der Waals surface area contributed by atoms with Crippen molar-refractivity contribution < 1.29 is 0 Å². The normalized spacial score (nSPS) is 14.9. The molecule has 0 aliphatic heterocycles. The second kappa shape index (κ2) is 9.87. The molecular formula is C15H28BrN. The van der Waals surface area contributed by atoms with Crippen LogP contribution in [0, 0.1) is 5.92 Å². The summed E-state index contributed by atoms with van der Waals surface area (Å²) >= 11 is 3.53. The first-order valence-corrected chi connectivity index (χ1v) is 7.66. The van der Waals surface area contributed by atoms with E-state index in [1.165, 1.54) is 31.3 Å². The molecule has 2 unspecified atom stereocenters. The molecule has 0 aliphatic carbocycles. The van der Waals surface area contributed by atoms with Gasteiger partial charge in [-0.2, -0.15) is 0 Å². The third kappa shape index (κ3) is 8.59. The standard InChI is InChI=1S/C15H28BrN/c1-6-13(5)9-8-10-14(7-2)17-11-15(16)12(3)4/h11,13-14H,6-10H2,1-5H3. The summed E-state index contributed by atoms with van der Waals surface area (Å²) in [5.41, 5.74) is 1.28. The molecule has 100 valence electrons. The summed E-state index contributed by atoms with van der Waals surface area (Å²) in [5, 5.41) is 0. The van der Waals surface area contributed by atoms with Gasteiger partial charge in [0.05, 0.1) is 0 Å². The zero-order valence-electron chi connectivity index (χ0n) is 12.1. The van der Waals surface area contributed by atoms with E-state index in [0.717, 1.165) is 16.8 Å². The minimum atomic E-state index is 0.492. The zero-order valence-corrected chi connectivity index (χ0v) is 13.7. The van der Waals surface area contributed by atoms with E-state index in [9.17, 15) is 0 Å². The predicted molar refractivity (Wildman–Crippen MR) is 83.2 cm³/mol. The summed E-state index contributed by atoms with van der Waals surface area (Å²) < 4.78 is 1.12. The van der Waals surface area contributed by atoms with E-state index in [1.54, 1.807) is 0 Å². The Morgan fingerprint density at radius 2 is 1.82 bits per heavy atom. The maximum atomic E-state index is 4.66. The lowest BCUT2D eigenvalue weighted by Gasteiger charge is -2.12. The van der Waals surface area contributed by atoms with Gasteiger partial charge in [0.2, 0.25) is 0 Å². The van der Waals surface area contributed by atoms with E-state index in [4.69, 9.17) is 0 Å². The van der Waals surface area contributed by atoms with E-state index in [1.807, 2.05) is 6.21 Å². The molecule has 0 saturated heterocycles. The molecule has 0 aromatic rings. The lowest BCUT2D eigenvalue weighted by atomic mass is 9.99. The molecule has 0 N–H and O–H groups in total. The Kier molecular flexibility index (Phi) is 9.81. The van der Waals surface area contributed by atoms with Crippen LogP contribution in [0.1, 0.15) is 66.7 Å².